The van der Waals surface area contributed by atoms with Crippen LogP contribution in [0.2, 0.25) is 0 Å². The number of alkyl halides is 3. The number of halogens is 3. The van der Waals surface area contributed by atoms with Crippen molar-refractivity contribution >= 4 is 9.84 Å². The van der Waals surface area contributed by atoms with E-state index in [2.05, 4.69) is 26.8 Å². The molecule has 236 valence electrons. The number of rotatable bonds is 9. The number of hydrogen-bond acceptors (Lipinski definition) is 4. The van der Waals surface area contributed by atoms with Crippen LogP contribution in [0.15, 0.2) is 46.9 Å². The lowest BCUT2D eigenvalue weighted by Crippen LogP contribution is -2.48. The minimum atomic E-state index is -4.63. The first-order valence-corrected chi connectivity index (χ1v) is 17.6. The van der Waals surface area contributed by atoms with Gasteiger partial charge in [-0.25, -0.2) is 8.42 Å². The van der Waals surface area contributed by atoms with E-state index in [0.29, 0.717) is 23.7 Å². The third kappa shape index (κ3) is 5.85. The van der Waals surface area contributed by atoms with Gasteiger partial charge in [-0.3, -0.25) is 0 Å². The van der Waals surface area contributed by atoms with E-state index < -0.39 is 39.4 Å². The SMILES string of the molecule is CC[C@]1(O)CC[C@H]2C(=CC[C@@H]3[C@@H]2CC[C@]2(C)[C@@H]([C@H](C)CC(C[C@H](OC)C(F)(F)F)S(=O)(=O)c4ccccc4)CC[C@@H]32)C1. The topological polar surface area (TPSA) is 63.6 Å². The molecule has 1 aromatic carbocycles. The zero-order valence-corrected chi connectivity index (χ0v) is 26.4. The first-order valence-electron chi connectivity index (χ1n) is 16.0. The Morgan fingerprint density at radius 2 is 1.76 bits per heavy atom. The van der Waals surface area contributed by atoms with Gasteiger partial charge >= 0.3 is 6.18 Å². The van der Waals surface area contributed by atoms with Gasteiger partial charge in [0.15, 0.2) is 15.9 Å². The number of fused-ring (bicyclic) bond motifs is 5. The van der Waals surface area contributed by atoms with Crippen molar-refractivity contribution < 1.29 is 31.4 Å². The van der Waals surface area contributed by atoms with Crippen molar-refractivity contribution in [1.29, 1.82) is 0 Å². The van der Waals surface area contributed by atoms with Gasteiger partial charge in [-0.2, -0.15) is 13.2 Å². The molecule has 0 saturated heterocycles. The molecule has 0 heterocycles. The van der Waals surface area contributed by atoms with E-state index in [1.165, 1.54) is 17.7 Å². The van der Waals surface area contributed by atoms with Crippen molar-refractivity contribution in [2.24, 2.45) is 40.9 Å². The van der Waals surface area contributed by atoms with E-state index in [9.17, 15) is 26.7 Å². The van der Waals surface area contributed by atoms with Gasteiger partial charge in [-0.1, -0.05) is 50.6 Å². The first-order chi connectivity index (χ1) is 19.7. The van der Waals surface area contributed by atoms with Gasteiger partial charge in [0.25, 0.3) is 0 Å². The third-order valence-electron chi connectivity index (χ3n) is 12.3. The molecule has 0 spiro atoms. The van der Waals surface area contributed by atoms with Gasteiger partial charge in [0.05, 0.1) is 15.7 Å². The number of aliphatic hydroxyl groups is 1. The molecule has 4 nitrogen and oxygen atoms in total. The summed E-state index contributed by atoms with van der Waals surface area (Å²) in [6, 6.07) is 7.90. The minimum absolute atomic E-state index is 0.0327. The van der Waals surface area contributed by atoms with Crippen molar-refractivity contribution in [3.05, 3.63) is 42.0 Å². The van der Waals surface area contributed by atoms with E-state index in [0.717, 1.165) is 64.9 Å². The molecule has 0 aromatic heterocycles. The van der Waals surface area contributed by atoms with Crippen LogP contribution in [-0.4, -0.2) is 43.8 Å². The molecular weight excluding hydrogens is 561 g/mol. The van der Waals surface area contributed by atoms with Gasteiger partial charge < -0.3 is 9.84 Å². The van der Waals surface area contributed by atoms with E-state index in [4.69, 9.17) is 4.74 Å². The van der Waals surface area contributed by atoms with Crippen molar-refractivity contribution in [3.63, 3.8) is 0 Å². The summed E-state index contributed by atoms with van der Waals surface area (Å²) in [5.41, 5.74) is 0.956. The maximum atomic E-state index is 13.8. The number of allylic oxidation sites excluding steroid dienone is 1. The fraction of sp³-hybridized carbons (Fsp3) is 0.765. The second-order valence-electron chi connectivity index (χ2n) is 14.3. The number of ether oxygens (including phenoxy) is 1. The number of methoxy groups -OCH3 is 1. The maximum absolute atomic E-state index is 13.8. The van der Waals surface area contributed by atoms with Crippen LogP contribution in [0.5, 0.6) is 0 Å². The molecule has 0 radical (unpaired) electrons. The maximum Gasteiger partial charge on any atom is 0.414 e. The monoisotopic (exact) mass is 610 g/mol. The highest BCUT2D eigenvalue weighted by atomic mass is 32.2. The van der Waals surface area contributed by atoms with E-state index >= 15 is 0 Å². The van der Waals surface area contributed by atoms with E-state index in [-0.39, 0.29) is 28.6 Å². The van der Waals surface area contributed by atoms with Crippen molar-refractivity contribution in [2.75, 3.05) is 7.11 Å². The molecule has 1 unspecified atom stereocenters. The van der Waals surface area contributed by atoms with Crippen molar-refractivity contribution in [2.45, 2.75) is 119 Å². The molecule has 0 amide bonds. The molecule has 42 heavy (non-hydrogen) atoms. The van der Waals surface area contributed by atoms with Gasteiger partial charge in [0.2, 0.25) is 0 Å². The smallest absolute Gasteiger partial charge is 0.390 e. The number of benzene rings is 1. The summed E-state index contributed by atoms with van der Waals surface area (Å²) < 4.78 is 73.7. The lowest BCUT2D eigenvalue weighted by Gasteiger charge is -2.55. The van der Waals surface area contributed by atoms with Crippen LogP contribution in [0.1, 0.15) is 91.4 Å². The second-order valence-corrected chi connectivity index (χ2v) is 16.5. The van der Waals surface area contributed by atoms with Gasteiger partial charge in [-0.05, 0) is 124 Å². The van der Waals surface area contributed by atoms with Crippen LogP contribution in [0, 0.1) is 40.9 Å². The molecule has 10 atom stereocenters. The summed E-state index contributed by atoms with van der Waals surface area (Å²) in [6.07, 6.45) is 4.13. The summed E-state index contributed by atoms with van der Waals surface area (Å²) in [7, 11) is -2.98. The highest BCUT2D eigenvalue weighted by Gasteiger charge is 2.57. The summed E-state index contributed by atoms with van der Waals surface area (Å²) >= 11 is 0. The molecule has 3 fully saturated rings. The Hall–Kier alpha value is -1.38. The van der Waals surface area contributed by atoms with Crippen LogP contribution < -0.4 is 0 Å². The van der Waals surface area contributed by atoms with Crippen LogP contribution in [-0.2, 0) is 14.6 Å². The fourth-order valence-corrected chi connectivity index (χ4v) is 11.9. The summed E-state index contributed by atoms with van der Waals surface area (Å²) in [5.74, 6) is 2.57. The Balaban J connectivity index is 1.36. The highest BCUT2D eigenvalue weighted by Crippen LogP contribution is 2.65. The zero-order valence-electron chi connectivity index (χ0n) is 25.6. The molecule has 4 aliphatic rings. The lowest BCUT2D eigenvalue weighted by molar-refractivity contribution is -0.214. The Kier molecular flexibility index (Phi) is 9.04. The summed E-state index contributed by atoms with van der Waals surface area (Å²) in [6.45, 7) is 6.53. The normalized spacial score (nSPS) is 37.1. The van der Waals surface area contributed by atoms with Gasteiger partial charge in [0, 0.05) is 7.11 Å². The molecule has 8 heteroatoms. The van der Waals surface area contributed by atoms with E-state index in [1.54, 1.807) is 18.2 Å². The molecule has 5 rings (SSSR count). The Bertz CT molecular complexity index is 1230. The zero-order chi connectivity index (χ0) is 30.5. The summed E-state index contributed by atoms with van der Waals surface area (Å²) in [5, 5.41) is 9.78. The third-order valence-corrected chi connectivity index (χ3v) is 14.5. The summed E-state index contributed by atoms with van der Waals surface area (Å²) in [4.78, 5) is 0.0718. The second kappa shape index (κ2) is 11.8. The molecule has 4 aliphatic carbocycles. The Morgan fingerprint density at radius 1 is 1.05 bits per heavy atom. The first kappa shape index (κ1) is 32.0. The number of hydrogen-bond donors (Lipinski definition) is 1. The number of sulfone groups is 1. The van der Waals surface area contributed by atoms with Crippen LogP contribution in [0.3, 0.4) is 0 Å². The Morgan fingerprint density at radius 3 is 2.40 bits per heavy atom. The van der Waals surface area contributed by atoms with Crippen LogP contribution in [0.25, 0.3) is 0 Å². The highest BCUT2D eigenvalue weighted by molar-refractivity contribution is 7.92. The molecule has 3 saturated carbocycles. The largest absolute Gasteiger partial charge is 0.414 e. The lowest BCUT2D eigenvalue weighted by atomic mass is 9.50. The molecule has 1 N–H and O–H groups in total. The standard InChI is InChI=1S/C34H49F3O4S/c1-5-33(38)18-16-26-23(21-33)11-12-28-27(26)15-17-32(3)29(13-14-30(28)32)22(2)19-25(20-31(41-4)34(35,36)37)42(39,40)24-9-7-6-8-10-24/h6-11,22,25-31,38H,5,12-21H2,1-4H3/t22-,25?,26+,27-,28-,29-,30+,31+,32-,33+/m1/s1. The minimum Gasteiger partial charge on any atom is -0.390 e. The van der Waals surface area contributed by atoms with Crippen LogP contribution >= 0.6 is 0 Å². The molecule has 0 bridgehead atoms. The predicted molar refractivity (Wildman–Crippen MR) is 158 cm³/mol. The molecule has 0 aliphatic heterocycles. The predicted octanol–water partition coefficient (Wildman–Crippen LogP) is 8.15. The average molecular weight is 611 g/mol. The van der Waals surface area contributed by atoms with Crippen molar-refractivity contribution in [1.82, 2.24) is 0 Å². The van der Waals surface area contributed by atoms with Gasteiger partial charge in [-0.15, -0.1) is 0 Å². The molecule has 1 aromatic rings. The van der Waals surface area contributed by atoms with Crippen molar-refractivity contribution in [3.8, 4) is 0 Å². The molecular formula is C34H49F3O4S. The Labute approximate surface area is 250 Å². The average Bonchev–Trinajstić information content (AvgIpc) is 3.32. The van der Waals surface area contributed by atoms with E-state index in [1.807, 2.05) is 0 Å². The quantitative estimate of drug-likeness (QED) is 0.287. The van der Waals surface area contributed by atoms with Crippen LogP contribution in [0.4, 0.5) is 13.2 Å². The fourth-order valence-electron chi connectivity index (χ4n) is 9.97. The van der Waals surface area contributed by atoms with Gasteiger partial charge in [0.1, 0.15) is 0 Å².